The summed E-state index contributed by atoms with van der Waals surface area (Å²) in [5, 5.41) is 9.39. The van der Waals surface area contributed by atoms with Gasteiger partial charge in [-0.1, -0.05) is 23.2 Å². The molecule has 0 fully saturated rings. The van der Waals surface area contributed by atoms with E-state index in [0.717, 1.165) is 0 Å². The quantitative estimate of drug-likeness (QED) is 0.866. The molecule has 0 bridgehead atoms. The van der Waals surface area contributed by atoms with E-state index in [1.807, 2.05) is 6.07 Å². The van der Waals surface area contributed by atoms with E-state index in [-0.39, 0.29) is 12.2 Å². The van der Waals surface area contributed by atoms with Gasteiger partial charge in [0.1, 0.15) is 18.2 Å². The first-order valence-electron chi connectivity index (χ1n) is 5.57. The van der Waals surface area contributed by atoms with Gasteiger partial charge in [-0.15, -0.1) is 0 Å². The molecule has 0 spiro atoms. The molecule has 0 aromatic heterocycles. The lowest BCUT2D eigenvalue weighted by atomic mass is 10.1. The lowest BCUT2D eigenvalue weighted by Gasteiger charge is -2.11. The maximum Gasteiger partial charge on any atom is 0.144 e. The fraction of sp³-hybridized carbons (Fsp3) is 0.0714. The average molecular weight is 311 g/mol. The van der Waals surface area contributed by atoms with Gasteiger partial charge in [-0.3, -0.25) is 0 Å². The summed E-state index contributed by atoms with van der Waals surface area (Å²) in [6.45, 7) is -0.0660. The van der Waals surface area contributed by atoms with Gasteiger partial charge in [-0.2, -0.15) is 5.26 Å². The molecule has 2 N–H and O–H groups in total. The second-order valence-corrected chi connectivity index (χ2v) is 4.83. The molecule has 0 saturated heterocycles. The molecule has 0 saturated carbocycles. The maximum atomic E-state index is 13.6. The van der Waals surface area contributed by atoms with Crippen molar-refractivity contribution in [2.75, 3.05) is 5.73 Å². The number of hydrogen-bond acceptors (Lipinski definition) is 3. The average Bonchev–Trinajstić information content (AvgIpc) is 2.43. The highest BCUT2D eigenvalue weighted by Gasteiger charge is 2.09. The van der Waals surface area contributed by atoms with E-state index in [4.69, 9.17) is 38.9 Å². The summed E-state index contributed by atoms with van der Waals surface area (Å²) in [6.07, 6.45) is 0. The predicted molar refractivity (Wildman–Crippen MR) is 76.3 cm³/mol. The molecule has 0 radical (unpaired) electrons. The summed E-state index contributed by atoms with van der Waals surface area (Å²) in [5.41, 5.74) is 6.65. The van der Waals surface area contributed by atoms with Crippen LogP contribution in [0.4, 0.5) is 10.1 Å². The zero-order valence-corrected chi connectivity index (χ0v) is 11.7. The van der Waals surface area contributed by atoms with Gasteiger partial charge in [0.2, 0.25) is 0 Å². The van der Waals surface area contributed by atoms with E-state index in [0.29, 0.717) is 27.0 Å². The zero-order valence-electron chi connectivity index (χ0n) is 10.2. The van der Waals surface area contributed by atoms with Gasteiger partial charge in [0.25, 0.3) is 0 Å². The Morgan fingerprint density at radius 3 is 2.60 bits per heavy atom. The Hall–Kier alpha value is -1.96. The SMILES string of the molecule is N#Cc1ccc(F)c(COc2cc(Cl)c(Cl)cc2N)c1. The highest BCUT2D eigenvalue weighted by atomic mass is 35.5. The maximum absolute atomic E-state index is 13.6. The van der Waals surface area contributed by atoms with Crippen molar-refractivity contribution in [1.29, 1.82) is 5.26 Å². The van der Waals surface area contributed by atoms with E-state index in [9.17, 15) is 4.39 Å². The lowest BCUT2D eigenvalue weighted by Crippen LogP contribution is -2.01. The van der Waals surface area contributed by atoms with Crippen LogP contribution in [0.5, 0.6) is 5.75 Å². The van der Waals surface area contributed by atoms with Gasteiger partial charge in [-0.25, -0.2) is 4.39 Å². The number of hydrogen-bond donors (Lipinski definition) is 1. The standard InChI is InChI=1S/C14H9Cl2FN2O/c15-10-4-13(19)14(5-11(10)16)20-7-9-3-8(6-18)1-2-12(9)17/h1-5H,7,19H2. The van der Waals surface area contributed by atoms with Gasteiger partial charge in [0.15, 0.2) is 0 Å². The van der Waals surface area contributed by atoms with Gasteiger partial charge in [0, 0.05) is 11.6 Å². The van der Waals surface area contributed by atoms with Crippen LogP contribution in [0.15, 0.2) is 30.3 Å². The van der Waals surface area contributed by atoms with Crippen LogP contribution in [-0.2, 0) is 6.61 Å². The van der Waals surface area contributed by atoms with Gasteiger partial charge in [-0.05, 0) is 24.3 Å². The van der Waals surface area contributed by atoms with Gasteiger partial charge in [0.05, 0.1) is 27.4 Å². The highest BCUT2D eigenvalue weighted by molar-refractivity contribution is 6.42. The van der Waals surface area contributed by atoms with E-state index in [1.54, 1.807) is 0 Å². The van der Waals surface area contributed by atoms with E-state index >= 15 is 0 Å². The normalized spacial score (nSPS) is 10.1. The largest absolute Gasteiger partial charge is 0.487 e. The molecular weight excluding hydrogens is 302 g/mol. The molecule has 3 nitrogen and oxygen atoms in total. The molecule has 0 atom stereocenters. The predicted octanol–water partition coefficient (Wildman–Crippen LogP) is 4.17. The first kappa shape index (κ1) is 14.4. The third kappa shape index (κ3) is 3.13. The van der Waals surface area contributed by atoms with Crippen molar-refractivity contribution in [1.82, 2.24) is 0 Å². The monoisotopic (exact) mass is 310 g/mol. The van der Waals surface area contributed by atoms with E-state index in [2.05, 4.69) is 0 Å². The first-order chi connectivity index (χ1) is 9.51. The lowest BCUT2D eigenvalue weighted by molar-refractivity contribution is 0.301. The number of ether oxygens (including phenoxy) is 1. The number of anilines is 1. The molecule has 2 aromatic carbocycles. The number of nitriles is 1. The van der Waals surface area contributed by atoms with E-state index < -0.39 is 5.82 Å². The van der Waals surface area contributed by atoms with Crippen LogP contribution in [0.2, 0.25) is 10.0 Å². The van der Waals surface area contributed by atoms with Gasteiger partial charge >= 0.3 is 0 Å². The van der Waals surface area contributed by atoms with Crippen LogP contribution in [0.1, 0.15) is 11.1 Å². The molecule has 102 valence electrons. The second kappa shape index (κ2) is 6.00. The van der Waals surface area contributed by atoms with Crippen LogP contribution in [0, 0.1) is 17.1 Å². The van der Waals surface area contributed by atoms with Crippen molar-refractivity contribution in [2.24, 2.45) is 0 Å². The number of halogens is 3. The molecule has 2 aromatic rings. The smallest absolute Gasteiger partial charge is 0.144 e. The zero-order chi connectivity index (χ0) is 14.7. The van der Waals surface area contributed by atoms with Gasteiger partial charge < -0.3 is 10.5 Å². The Morgan fingerprint density at radius 1 is 1.20 bits per heavy atom. The Kier molecular flexibility index (Phi) is 4.33. The minimum absolute atomic E-state index is 0.0660. The van der Waals surface area contributed by atoms with Crippen LogP contribution in [0.3, 0.4) is 0 Å². The number of nitrogens with zero attached hydrogens (tertiary/aromatic N) is 1. The minimum Gasteiger partial charge on any atom is -0.487 e. The Balaban J connectivity index is 2.21. The molecule has 0 aliphatic rings. The molecule has 0 unspecified atom stereocenters. The third-order valence-electron chi connectivity index (χ3n) is 2.61. The Labute approximate surface area is 125 Å². The second-order valence-electron chi connectivity index (χ2n) is 4.01. The molecule has 0 aliphatic heterocycles. The van der Waals surface area contributed by atoms with Crippen molar-refractivity contribution in [3.8, 4) is 11.8 Å². The number of benzene rings is 2. The molecular formula is C14H9Cl2FN2O. The fourth-order valence-corrected chi connectivity index (χ4v) is 1.91. The fourth-order valence-electron chi connectivity index (χ4n) is 1.58. The summed E-state index contributed by atoms with van der Waals surface area (Å²) >= 11 is 11.7. The van der Waals surface area contributed by atoms with Crippen molar-refractivity contribution >= 4 is 28.9 Å². The Bertz CT molecular complexity index is 698. The van der Waals surface area contributed by atoms with Crippen molar-refractivity contribution < 1.29 is 9.13 Å². The van der Waals surface area contributed by atoms with E-state index in [1.165, 1.54) is 30.3 Å². The number of rotatable bonds is 3. The Morgan fingerprint density at radius 2 is 1.90 bits per heavy atom. The van der Waals surface area contributed by atoms with Crippen LogP contribution < -0.4 is 10.5 Å². The van der Waals surface area contributed by atoms with Crippen molar-refractivity contribution in [3.05, 3.63) is 57.3 Å². The van der Waals surface area contributed by atoms with Crippen LogP contribution in [-0.4, -0.2) is 0 Å². The molecule has 6 heteroatoms. The molecule has 2 rings (SSSR count). The third-order valence-corrected chi connectivity index (χ3v) is 3.33. The first-order valence-corrected chi connectivity index (χ1v) is 6.32. The van der Waals surface area contributed by atoms with Crippen LogP contribution >= 0.6 is 23.2 Å². The summed E-state index contributed by atoms with van der Waals surface area (Å²) in [5.74, 6) is -0.149. The number of nitrogen functional groups attached to an aromatic ring is 1. The van der Waals surface area contributed by atoms with Crippen molar-refractivity contribution in [3.63, 3.8) is 0 Å². The summed E-state index contributed by atoms with van der Waals surface area (Å²) in [7, 11) is 0. The van der Waals surface area contributed by atoms with Crippen molar-refractivity contribution in [2.45, 2.75) is 6.61 Å². The van der Waals surface area contributed by atoms with Crippen LogP contribution in [0.25, 0.3) is 0 Å². The summed E-state index contributed by atoms with van der Waals surface area (Å²) < 4.78 is 19.0. The summed E-state index contributed by atoms with van der Waals surface area (Å²) in [6, 6.07) is 8.89. The minimum atomic E-state index is -0.456. The molecule has 0 aliphatic carbocycles. The highest BCUT2D eigenvalue weighted by Crippen LogP contribution is 2.32. The summed E-state index contributed by atoms with van der Waals surface area (Å²) in [4.78, 5) is 0. The topological polar surface area (TPSA) is 59.0 Å². The molecule has 20 heavy (non-hydrogen) atoms. The number of nitrogens with two attached hydrogens (primary N) is 1. The molecule has 0 heterocycles. The molecule has 0 amide bonds.